The summed E-state index contributed by atoms with van der Waals surface area (Å²) >= 11 is 0. The van der Waals surface area contributed by atoms with Crippen molar-refractivity contribution in [2.45, 2.75) is 38.3 Å². The van der Waals surface area contributed by atoms with E-state index in [4.69, 9.17) is 10.5 Å². The Bertz CT molecular complexity index is 555. The maximum absolute atomic E-state index is 13.3. The van der Waals surface area contributed by atoms with Crippen LogP contribution >= 0.6 is 12.4 Å². The van der Waals surface area contributed by atoms with Gasteiger partial charge in [-0.05, 0) is 31.0 Å². The molecule has 0 bridgehead atoms. The van der Waals surface area contributed by atoms with Gasteiger partial charge in [-0.2, -0.15) is 0 Å². The number of hydrogen-bond donors (Lipinski definition) is 1. The lowest BCUT2D eigenvalue weighted by Crippen LogP contribution is -2.56. The SMILES string of the molecule is CCCC(C)(N)C(=O)N1CCOC(c2ccc(F)c(F)c2)C1.Cl. The van der Waals surface area contributed by atoms with Gasteiger partial charge < -0.3 is 15.4 Å². The average molecular weight is 349 g/mol. The minimum atomic E-state index is -0.917. The van der Waals surface area contributed by atoms with E-state index in [0.29, 0.717) is 31.7 Å². The molecule has 1 aliphatic heterocycles. The number of nitrogens with zero attached hydrogens (tertiary/aromatic N) is 1. The first kappa shape index (κ1) is 19.8. The Morgan fingerprint density at radius 3 is 2.74 bits per heavy atom. The van der Waals surface area contributed by atoms with Gasteiger partial charge in [0.05, 0.1) is 18.7 Å². The largest absolute Gasteiger partial charge is 0.370 e. The number of nitrogens with two attached hydrogens (primary N) is 1. The number of morpholine rings is 1. The van der Waals surface area contributed by atoms with Crippen molar-refractivity contribution >= 4 is 18.3 Å². The van der Waals surface area contributed by atoms with Crippen molar-refractivity contribution < 1.29 is 18.3 Å². The van der Waals surface area contributed by atoms with E-state index in [9.17, 15) is 13.6 Å². The number of ether oxygens (including phenoxy) is 1. The van der Waals surface area contributed by atoms with Gasteiger partial charge in [0.15, 0.2) is 11.6 Å². The summed E-state index contributed by atoms with van der Waals surface area (Å²) in [6.45, 7) is 4.79. The van der Waals surface area contributed by atoms with Crippen molar-refractivity contribution in [3.05, 3.63) is 35.4 Å². The zero-order valence-corrected chi connectivity index (χ0v) is 14.2. The predicted molar refractivity (Wildman–Crippen MR) is 86.4 cm³/mol. The third-order valence-electron chi connectivity index (χ3n) is 3.93. The highest BCUT2D eigenvalue weighted by Crippen LogP contribution is 2.25. The molecule has 1 aliphatic rings. The number of halogens is 3. The predicted octanol–water partition coefficient (Wildman–Crippen LogP) is 2.80. The van der Waals surface area contributed by atoms with Crippen molar-refractivity contribution in [2.24, 2.45) is 5.73 Å². The summed E-state index contributed by atoms with van der Waals surface area (Å²) in [5.41, 5.74) is 5.70. The van der Waals surface area contributed by atoms with Crippen LogP contribution in [0.5, 0.6) is 0 Å². The Labute approximate surface area is 141 Å². The van der Waals surface area contributed by atoms with Gasteiger partial charge in [0.2, 0.25) is 5.91 Å². The molecule has 0 saturated carbocycles. The molecule has 2 N–H and O–H groups in total. The van der Waals surface area contributed by atoms with Crippen LogP contribution in [0.4, 0.5) is 8.78 Å². The molecule has 0 aromatic heterocycles. The third-order valence-corrected chi connectivity index (χ3v) is 3.93. The number of rotatable bonds is 4. The molecule has 0 spiro atoms. The molecule has 23 heavy (non-hydrogen) atoms. The summed E-state index contributed by atoms with van der Waals surface area (Å²) in [4.78, 5) is 14.2. The summed E-state index contributed by atoms with van der Waals surface area (Å²) in [6.07, 6.45) is 0.944. The molecule has 2 unspecified atom stereocenters. The van der Waals surface area contributed by atoms with Crippen LogP contribution in [0.2, 0.25) is 0 Å². The van der Waals surface area contributed by atoms with Gasteiger partial charge in [-0.3, -0.25) is 4.79 Å². The Kier molecular flexibility index (Phi) is 6.92. The quantitative estimate of drug-likeness (QED) is 0.910. The first-order valence-electron chi connectivity index (χ1n) is 7.50. The van der Waals surface area contributed by atoms with Crippen molar-refractivity contribution in [3.8, 4) is 0 Å². The minimum absolute atomic E-state index is 0. The van der Waals surface area contributed by atoms with Crippen LogP contribution in [-0.2, 0) is 9.53 Å². The fourth-order valence-electron chi connectivity index (χ4n) is 2.74. The Morgan fingerprint density at radius 1 is 1.43 bits per heavy atom. The van der Waals surface area contributed by atoms with Crippen molar-refractivity contribution in [1.29, 1.82) is 0 Å². The van der Waals surface area contributed by atoms with E-state index < -0.39 is 23.3 Å². The van der Waals surface area contributed by atoms with Crippen LogP contribution in [0.3, 0.4) is 0 Å². The van der Waals surface area contributed by atoms with E-state index >= 15 is 0 Å². The molecule has 2 rings (SSSR count). The maximum atomic E-state index is 13.3. The summed E-state index contributed by atoms with van der Waals surface area (Å²) in [5.74, 6) is -1.95. The maximum Gasteiger partial charge on any atom is 0.242 e. The standard InChI is InChI=1S/C16H22F2N2O2.ClH/c1-3-6-16(2,19)15(21)20-7-8-22-14(10-20)11-4-5-12(17)13(18)9-11;/h4-5,9,14H,3,6-8,10,19H2,1-2H3;1H. The van der Waals surface area contributed by atoms with E-state index in [2.05, 4.69) is 0 Å². The van der Waals surface area contributed by atoms with E-state index in [1.54, 1.807) is 11.8 Å². The van der Waals surface area contributed by atoms with Gasteiger partial charge in [0.25, 0.3) is 0 Å². The Balaban J connectivity index is 0.00000264. The number of carbonyl (C=O) groups excluding carboxylic acids is 1. The fourth-order valence-corrected chi connectivity index (χ4v) is 2.74. The van der Waals surface area contributed by atoms with Gasteiger partial charge >= 0.3 is 0 Å². The topological polar surface area (TPSA) is 55.6 Å². The molecule has 1 saturated heterocycles. The third kappa shape index (κ3) is 4.62. The summed E-state index contributed by atoms with van der Waals surface area (Å²) in [7, 11) is 0. The van der Waals surface area contributed by atoms with Crippen LogP contribution in [-0.4, -0.2) is 36.0 Å². The second kappa shape index (κ2) is 8.04. The lowest BCUT2D eigenvalue weighted by Gasteiger charge is -2.37. The first-order valence-corrected chi connectivity index (χ1v) is 7.50. The van der Waals surface area contributed by atoms with E-state index in [1.165, 1.54) is 6.07 Å². The van der Waals surface area contributed by atoms with Gasteiger partial charge in [-0.1, -0.05) is 19.4 Å². The molecule has 1 amide bonds. The van der Waals surface area contributed by atoms with Gasteiger partial charge in [0.1, 0.15) is 6.10 Å². The zero-order chi connectivity index (χ0) is 16.3. The molecule has 2 atom stereocenters. The minimum Gasteiger partial charge on any atom is -0.370 e. The molecule has 1 heterocycles. The zero-order valence-electron chi connectivity index (χ0n) is 13.4. The average Bonchev–Trinajstić information content (AvgIpc) is 2.49. The van der Waals surface area contributed by atoms with Crippen LogP contribution in [0, 0.1) is 11.6 Å². The van der Waals surface area contributed by atoms with Gasteiger partial charge in [0, 0.05) is 6.54 Å². The summed E-state index contributed by atoms with van der Waals surface area (Å²) in [6, 6.07) is 3.66. The summed E-state index contributed by atoms with van der Waals surface area (Å²) in [5, 5.41) is 0. The molecule has 7 heteroatoms. The second-order valence-electron chi connectivity index (χ2n) is 5.95. The molecule has 4 nitrogen and oxygen atoms in total. The molecular formula is C16H23ClF2N2O2. The van der Waals surface area contributed by atoms with Crippen molar-refractivity contribution in [1.82, 2.24) is 4.90 Å². The second-order valence-corrected chi connectivity index (χ2v) is 5.95. The fraction of sp³-hybridized carbons (Fsp3) is 0.562. The lowest BCUT2D eigenvalue weighted by atomic mass is 9.95. The molecule has 0 aliphatic carbocycles. The monoisotopic (exact) mass is 348 g/mol. The van der Waals surface area contributed by atoms with E-state index in [-0.39, 0.29) is 18.3 Å². The normalized spacial score (nSPS) is 20.6. The Hall–Kier alpha value is -1.24. The van der Waals surface area contributed by atoms with Crippen molar-refractivity contribution in [3.63, 3.8) is 0 Å². The molecular weight excluding hydrogens is 326 g/mol. The molecule has 1 aromatic rings. The first-order chi connectivity index (χ1) is 10.3. The van der Waals surface area contributed by atoms with Crippen LogP contribution in [0.1, 0.15) is 38.4 Å². The lowest BCUT2D eigenvalue weighted by molar-refractivity contribution is -0.144. The molecule has 0 radical (unpaired) electrons. The highest BCUT2D eigenvalue weighted by atomic mass is 35.5. The molecule has 1 fully saturated rings. The van der Waals surface area contributed by atoms with Gasteiger partial charge in [-0.25, -0.2) is 8.78 Å². The highest BCUT2D eigenvalue weighted by Gasteiger charge is 2.35. The summed E-state index contributed by atoms with van der Waals surface area (Å²) < 4.78 is 32.0. The number of carbonyl (C=O) groups is 1. The smallest absolute Gasteiger partial charge is 0.242 e. The van der Waals surface area contributed by atoms with Gasteiger partial charge in [-0.15, -0.1) is 12.4 Å². The van der Waals surface area contributed by atoms with E-state index in [1.807, 2.05) is 6.92 Å². The van der Waals surface area contributed by atoms with E-state index in [0.717, 1.165) is 18.6 Å². The number of amides is 1. The molecule has 130 valence electrons. The number of hydrogen-bond acceptors (Lipinski definition) is 3. The molecule has 1 aromatic carbocycles. The van der Waals surface area contributed by atoms with Crippen molar-refractivity contribution in [2.75, 3.05) is 19.7 Å². The number of benzene rings is 1. The van der Waals surface area contributed by atoms with Crippen LogP contribution in [0.15, 0.2) is 18.2 Å². The van der Waals surface area contributed by atoms with Crippen LogP contribution in [0.25, 0.3) is 0 Å². The van der Waals surface area contributed by atoms with Crippen LogP contribution < -0.4 is 5.73 Å². The highest BCUT2D eigenvalue weighted by molar-refractivity contribution is 5.86. The Morgan fingerprint density at radius 2 is 2.13 bits per heavy atom.